The van der Waals surface area contributed by atoms with E-state index in [1.165, 1.54) is 19.3 Å². The predicted octanol–water partition coefficient (Wildman–Crippen LogP) is 9.38. The van der Waals surface area contributed by atoms with Gasteiger partial charge in [-0.05, 0) is 32.1 Å². The van der Waals surface area contributed by atoms with Crippen molar-refractivity contribution >= 4 is 16.2 Å². The number of rotatable bonds is 25. The first-order valence-electron chi connectivity index (χ1n) is 13.2. The lowest BCUT2D eigenvalue weighted by atomic mass is 10.1. The van der Waals surface area contributed by atoms with Gasteiger partial charge in [0.2, 0.25) is 0 Å². The highest BCUT2D eigenvalue weighted by Gasteiger charge is 2.39. The van der Waals surface area contributed by atoms with Crippen LogP contribution in [0.15, 0.2) is 0 Å². The smallest absolute Gasteiger partial charge is 0.312 e. The highest BCUT2D eigenvalue weighted by Crippen LogP contribution is 2.60. The van der Waals surface area contributed by atoms with Gasteiger partial charge in [-0.1, -0.05) is 92.4 Å². The second kappa shape index (κ2) is 23.2. The van der Waals surface area contributed by atoms with Gasteiger partial charge in [-0.15, -0.1) is 0 Å². The Labute approximate surface area is 200 Å². The monoisotopic (exact) mass is 498 g/mol. The summed E-state index contributed by atoms with van der Waals surface area (Å²) in [4.78, 5) is 0. The minimum Gasteiger partial charge on any atom is -0.312 e. The van der Waals surface area contributed by atoms with E-state index in [4.69, 9.17) is 22.6 Å². The van der Waals surface area contributed by atoms with Crippen LogP contribution >= 0.6 is 16.2 Å². The molecule has 0 spiro atoms. The zero-order valence-electron chi connectivity index (χ0n) is 21.6. The predicted molar refractivity (Wildman–Crippen MR) is 136 cm³/mol. The molecule has 0 amide bonds. The van der Waals surface area contributed by atoms with Gasteiger partial charge in [0.25, 0.3) is 0 Å². The standard InChI is InChI=1S/C24H52O6P2/c1-6-11-16-17-18-19-24(30-31(26-20-12-7-2)27-21-13-8-3)32(25,28-22-14-9-4)29-23-15-10-5/h24H,6-23H2,1-5H3. The van der Waals surface area contributed by atoms with E-state index in [0.29, 0.717) is 32.8 Å². The molecule has 6 nitrogen and oxygen atoms in total. The fourth-order valence-electron chi connectivity index (χ4n) is 2.83. The van der Waals surface area contributed by atoms with E-state index < -0.39 is 22.0 Å². The number of hydrogen-bond donors (Lipinski definition) is 0. The Morgan fingerprint density at radius 2 is 1.03 bits per heavy atom. The summed E-state index contributed by atoms with van der Waals surface area (Å²) in [5, 5.41) is 0. The van der Waals surface area contributed by atoms with Gasteiger partial charge in [0, 0.05) is 0 Å². The lowest BCUT2D eigenvalue weighted by Crippen LogP contribution is -2.18. The molecule has 0 radical (unpaired) electrons. The van der Waals surface area contributed by atoms with Crippen molar-refractivity contribution in [3.63, 3.8) is 0 Å². The fraction of sp³-hybridized carbons (Fsp3) is 1.00. The highest BCUT2D eigenvalue weighted by molar-refractivity contribution is 7.55. The lowest BCUT2D eigenvalue weighted by Gasteiger charge is -2.29. The summed E-state index contributed by atoms with van der Waals surface area (Å²) in [6.07, 6.45) is 13.8. The first-order chi connectivity index (χ1) is 15.6. The molecule has 0 heterocycles. The highest BCUT2D eigenvalue weighted by atomic mass is 31.2. The second-order valence-corrected chi connectivity index (χ2v) is 11.6. The summed E-state index contributed by atoms with van der Waals surface area (Å²) in [5.74, 6) is -0.646. The molecule has 0 aliphatic carbocycles. The van der Waals surface area contributed by atoms with Crippen molar-refractivity contribution in [1.29, 1.82) is 0 Å². The minimum atomic E-state index is -3.44. The third-order valence-electron chi connectivity index (χ3n) is 5.04. The minimum absolute atomic E-state index is 0.418. The second-order valence-electron chi connectivity index (χ2n) is 8.27. The molecular formula is C24H52O6P2. The lowest BCUT2D eigenvalue weighted by molar-refractivity contribution is 0.107. The van der Waals surface area contributed by atoms with Gasteiger partial charge in [-0.25, -0.2) is 0 Å². The summed E-state index contributed by atoms with van der Waals surface area (Å²) in [7, 11) is -5.03. The molecule has 0 aliphatic rings. The molecule has 0 aromatic carbocycles. The van der Waals surface area contributed by atoms with Crippen LogP contribution in [0.4, 0.5) is 0 Å². The Hall–Kier alpha value is 0.460. The maximum Gasteiger partial charge on any atom is 0.359 e. The van der Waals surface area contributed by atoms with Crippen LogP contribution in [0.5, 0.6) is 0 Å². The molecule has 0 aromatic rings. The quantitative estimate of drug-likeness (QED) is 0.0923. The maximum atomic E-state index is 13.9. The Kier molecular flexibility index (Phi) is 23.5. The molecule has 1 unspecified atom stereocenters. The van der Waals surface area contributed by atoms with Crippen LogP contribution in [0.2, 0.25) is 0 Å². The van der Waals surface area contributed by atoms with Crippen molar-refractivity contribution < 1.29 is 27.2 Å². The fourth-order valence-corrected chi connectivity index (χ4v) is 6.25. The van der Waals surface area contributed by atoms with Crippen LogP contribution in [-0.4, -0.2) is 32.3 Å². The van der Waals surface area contributed by atoms with E-state index in [0.717, 1.165) is 64.2 Å². The van der Waals surface area contributed by atoms with Gasteiger partial charge in [0.15, 0.2) is 5.85 Å². The SMILES string of the molecule is CCCCCCCC(OP(OCCCC)OCCCC)P(=O)(OCCCC)OCCCC. The van der Waals surface area contributed by atoms with Crippen LogP contribution in [-0.2, 0) is 27.2 Å². The molecule has 0 rings (SSSR count). The van der Waals surface area contributed by atoms with Crippen LogP contribution in [0.3, 0.4) is 0 Å². The molecule has 0 fully saturated rings. The van der Waals surface area contributed by atoms with Crippen LogP contribution in [0.1, 0.15) is 125 Å². The van der Waals surface area contributed by atoms with E-state index in [1.807, 2.05) is 0 Å². The Morgan fingerprint density at radius 3 is 1.50 bits per heavy atom. The average molecular weight is 499 g/mol. The molecule has 32 heavy (non-hydrogen) atoms. The summed E-state index contributed by atoms with van der Waals surface area (Å²) in [6, 6.07) is 0. The number of unbranched alkanes of at least 4 members (excludes halogenated alkanes) is 8. The molecule has 0 saturated heterocycles. The first kappa shape index (κ1) is 32.5. The van der Waals surface area contributed by atoms with Gasteiger partial charge in [0.1, 0.15) is 0 Å². The van der Waals surface area contributed by atoms with Crippen molar-refractivity contribution in [3.05, 3.63) is 0 Å². The van der Waals surface area contributed by atoms with Crippen molar-refractivity contribution in [2.75, 3.05) is 26.4 Å². The van der Waals surface area contributed by atoms with Crippen molar-refractivity contribution in [1.82, 2.24) is 0 Å². The van der Waals surface area contributed by atoms with Crippen LogP contribution in [0, 0.1) is 0 Å². The summed E-state index contributed by atoms with van der Waals surface area (Å²) in [5.41, 5.74) is 0. The van der Waals surface area contributed by atoms with Gasteiger partial charge in [-0.2, -0.15) is 0 Å². The summed E-state index contributed by atoms with van der Waals surface area (Å²) >= 11 is 0. The van der Waals surface area contributed by atoms with E-state index in [9.17, 15) is 4.57 Å². The van der Waals surface area contributed by atoms with Crippen LogP contribution in [0.25, 0.3) is 0 Å². The summed E-state index contributed by atoms with van der Waals surface area (Å²) < 4.78 is 43.9. The van der Waals surface area contributed by atoms with Gasteiger partial charge in [0.05, 0.1) is 26.4 Å². The molecular weight excluding hydrogens is 446 g/mol. The third kappa shape index (κ3) is 17.0. The van der Waals surface area contributed by atoms with Crippen molar-refractivity contribution in [2.24, 2.45) is 0 Å². The Bertz CT molecular complexity index is 415. The van der Waals surface area contributed by atoms with Gasteiger partial charge < -0.3 is 18.1 Å². The normalized spacial score (nSPS) is 13.2. The molecule has 0 N–H and O–H groups in total. The molecule has 0 saturated carbocycles. The van der Waals surface area contributed by atoms with E-state index >= 15 is 0 Å². The zero-order chi connectivity index (χ0) is 23.9. The van der Waals surface area contributed by atoms with E-state index in [2.05, 4.69) is 34.6 Å². The Balaban J connectivity index is 5.36. The molecule has 8 heteroatoms. The van der Waals surface area contributed by atoms with Gasteiger partial charge in [-0.3, -0.25) is 9.09 Å². The molecule has 1 atom stereocenters. The number of hydrogen-bond acceptors (Lipinski definition) is 6. The molecule has 0 bridgehead atoms. The van der Waals surface area contributed by atoms with E-state index in [1.54, 1.807) is 0 Å². The van der Waals surface area contributed by atoms with Crippen molar-refractivity contribution in [2.45, 2.75) is 130 Å². The summed E-state index contributed by atoms with van der Waals surface area (Å²) in [6.45, 7) is 12.6. The first-order valence-corrected chi connectivity index (χ1v) is 15.9. The molecule has 0 aromatic heterocycles. The third-order valence-corrected chi connectivity index (χ3v) is 8.58. The van der Waals surface area contributed by atoms with Crippen LogP contribution < -0.4 is 0 Å². The van der Waals surface area contributed by atoms with Crippen molar-refractivity contribution in [3.8, 4) is 0 Å². The average Bonchev–Trinajstić information content (AvgIpc) is 2.78. The Morgan fingerprint density at radius 1 is 0.594 bits per heavy atom. The largest absolute Gasteiger partial charge is 0.359 e. The topological polar surface area (TPSA) is 63.2 Å². The zero-order valence-corrected chi connectivity index (χ0v) is 23.4. The molecule has 194 valence electrons. The van der Waals surface area contributed by atoms with E-state index in [-0.39, 0.29) is 0 Å². The van der Waals surface area contributed by atoms with Gasteiger partial charge >= 0.3 is 16.2 Å². The molecule has 0 aliphatic heterocycles. The maximum absolute atomic E-state index is 13.9.